The Morgan fingerprint density at radius 3 is 2.36 bits per heavy atom. The average Bonchev–Trinajstić information content (AvgIpc) is 1.83. The summed E-state index contributed by atoms with van der Waals surface area (Å²) in [5.74, 6) is 0.287. The molecule has 1 amide bonds. The van der Waals surface area contributed by atoms with Gasteiger partial charge in [-0.25, -0.2) is 0 Å². The largest absolute Gasteiger partial charge is 0.351 e. The van der Waals surface area contributed by atoms with E-state index in [1.807, 2.05) is 26.8 Å². The smallest absolute Gasteiger partial charge is 0.217 e. The second-order valence-electron chi connectivity index (χ2n) is 3.43. The van der Waals surface area contributed by atoms with Gasteiger partial charge in [0.25, 0.3) is 0 Å². The third-order valence-electron chi connectivity index (χ3n) is 1.99. The van der Waals surface area contributed by atoms with Gasteiger partial charge in [-0.2, -0.15) is 0 Å². The minimum Gasteiger partial charge on any atom is -0.351 e. The molecule has 0 rings (SSSR count). The van der Waals surface area contributed by atoms with E-state index in [0.29, 0.717) is 0 Å². The summed E-state index contributed by atoms with van der Waals surface area (Å²) < 4.78 is 0. The van der Waals surface area contributed by atoms with Crippen molar-refractivity contribution in [1.82, 2.24) is 5.32 Å². The van der Waals surface area contributed by atoms with Crippen LogP contribution in [0.15, 0.2) is 12.7 Å². The zero-order chi connectivity index (χ0) is 9.07. The molecule has 0 aliphatic carbocycles. The molecule has 0 radical (unpaired) electrons. The lowest BCUT2D eigenvalue weighted by molar-refractivity contribution is -0.120. The van der Waals surface area contributed by atoms with E-state index in [1.54, 1.807) is 0 Å². The van der Waals surface area contributed by atoms with Crippen molar-refractivity contribution < 1.29 is 4.79 Å². The van der Waals surface area contributed by atoms with Crippen molar-refractivity contribution in [3.05, 3.63) is 12.7 Å². The van der Waals surface area contributed by atoms with Gasteiger partial charge in [0.15, 0.2) is 0 Å². The molecule has 0 spiro atoms. The van der Waals surface area contributed by atoms with Gasteiger partial charge >= 0.3 is 0 Å². The molecule has 11 heavy (non-hydrogen) atoms. The molecule has 1 unspecified atom stereocenters. The Labute approximate surface area is 68.7 Å². The lowest BCUT2D eigenvalue weighted by Gasteiger charge is -2.30. The molecule has 0 aromatic carbocycles. The van der Waals surface area contributed by atoms with E-state index in [2.05, 4.69) is 11.9 Å². The minimum absolute atomic E-state index is 0.00343. The van der Waals surface area contributed by atoms with Gasteiger partial charge in [0.1, 0.15) is 0 Å². The van der Waals surface area contributed by atoms with Gasteiger partial charge in [-0.05, 0) is 19.8 Å². The fourth-order valence-electron chi connectivity index (χ4n) is 0.862. The molecule has 2 heteroatoms. The van der Waals surface area contributed by atoms with Crippen molar-refractivity contribution >= 4 is 5.91 Å². The minimum atomic E-state index is -0.187. The van der Waals surface area contributed by atoms with Gasteiger partial charge in [0, 0.05) is 12.5 Å². The van der Waals surface area contributed by atoms with Gasteiger partial charge < -0.3 is 5.32 Å². The second-order valence-corrected chi connectivity index (χ2v) is 3.43. The van der Waals surface area contributed by atoms with Crippen LogP contribution in [0, 0.1) is 5.92 Å². The van der Waals surface area contributed by atoms with Crippen LogP contribution in [0.3, 0.4) is 0 Å². The molecule has 0 heterocycles. The van der Waals surface area contributed by atoms with Crippen LogP contribution in [0.5, 0.6) is 0 Å². The maximum absolute atomic E-state index is 10.7. The molecule has 0 aromatic heterocycles. The van der Waals surface area contributed by atoms with Gasteiger partial charge in [0.2, 0.25) is 5.91 Å². The second kappa shape index (κ2) is 3.56. The van der Waals surface area contributed by atoms with Crippen LogP contribution in [-0.2, 0) is 4.79 Å². The van der Waals surface area contributed by atoms with E-state index in [9.17, 15) is 4.79 Å². The molecule has 1 N–H and O–H groups in total. The summed E-state index contributed by atoms with van der Waals surface area (Å²) in [6.45, 7) is 11.2. The zero-order valence-corrected chi connectivity index (χ0v) is 7.77. The van der Waals surface area contributed by atoms with Crippen LogP contribution in [0.1, 0.15) is 27.7 Å². The standard InChI is InChI=1S/C9H17NO/c1-6-7(2)9(4,5)10-8(3)11/h6-7H,1H2,2-5H3,(H,10,11). The molecule has 0 aliphatic rings. The van der Waals surface area contributed by atoms with Crippen molar-refractivity contribution in [3.63, 3.8) is 0 Å². The summed E-state index contributed by atoms with van der Waals surface area (Å²) in [4.78, 5) is 10.7. The average molecular weight is 155 g/mol. The first kappa shape index (κ1) is 10.2. The highest BCUT2D eigenvalue weighted by Gasteiger charge is 2.23. The van der Waals surface area contributed by atoms with Crippen molar-refractivity contribution in [2.45, 2.75) is 33.2 Å². The van der Waals surface area contributed by atoms with E-state index < -0.39 is 0 Å². The summed E-state index contributed by atoms with van der Waals surface area (Å²) >= 11 is 0. The first-order valence-corrected chi connectivity index (χ1v) is 3.81. The normalized spacial score (nSPS) is 13.8. The van der Waals surface area contributed by atoms with Gasteiger partial charge in [-0.15, -0.1) is 6.58 Å². The van der Waals surface area contributed by atoms with E-state index in [-0.39, 0.29) is 17.4 Å². The fourth-order valence-corrected chi connectivity index (χ4v) is 0.862. The van der Waals surface area contributed by atoms with E-state index in [1.165, 1.54) is 6.92 Å². The highest BCUT2D eigenvalue weighted by molar-refractivity contribution is 5.73. The number of nitrogens with one attached hydrogen (secondary N) is 1. The summed E-state index contributed by atoms with van der Waals surface area (Å²) in [5, 5.41) is 2.86. The fraction of sp³-hybridized carbons (Fsp3) is 0.667. The number of hydrogen-bond donors (Lipinski definition) is 1. The third kappa shape index (κ3) is 3.21. The van der Waals surface area contributed by atoms with Crippen LogP contribution in [0.25, 0.3) is 0 Å². The van der Waals surface area contributed by atoms with Crippen LogP contribution in [0.4, 0.5) is 0 Å². The quantitative estimate of drug-likeness (QED) is 0.618. The number of amides is 1. The first-order chi connectivity index (χ1) is 4.90. The maximum atomic E-state index is 10.7. The molecule has 64 valence electrons. The zero-order valence-electron chi connectivity index (χ0n) is 7.77. The monoisotopic (exact) mass is 155 g/mol. The molecule has 1 atom stereocenters. The number of carbonyl (C=O) groups is 1. The van der Waals surface area contributed by atoms with Crippen LogP contribution in [-0.4, -0.2) is 11.4 Å². The number of hydrogen-bond acceptors (Lipinski definition) is 1. The predicted octanol–water partition coefficient (Wildman–Crippen LogP) is 1.72. The lowest BCUT2D eigenvalue weighted by atomic mass is 9.89. The van der Waals surface area contributed by atoms with E-state index >= 15 is 0 Å². The summed E-state index contributed by atoms with van der Waals surface area (Å²) in [5.41, 5.74) is -0.187. The summed E-state index contributed by atoms with van der Waals surface area (Å²) in [6, 6.07) is 0. The summed E-state index contributed by atoms with van der Waals surface area (Å²) in [6.07, 6.45) is 1.84. The first-order valence-electron chi connectivity index (χ1n) is 3.81. The van der Waals surface area contributed by atoms with Crippen molar-refractivity contribution in [2.75, 3.05) is 0 Å². The Balaban J connectivity index is 4.19. The van der Waals surface area contributed by atoms with Gasteiger partial charge in [-0.3, -0.25) is 4.79 Å². The Kier molecular flexibility index (Phi) is 3.30. The molecule has 0 fully saturated rings. The number of rotatable bonds is 3. The Morgan fingerprint density at radius 1 is 1.64 bits per heavy atom. The third-order valence-corrected chi connectivity index (χ3v) is 1.99. The molecule has 0 saturated heterocycles. The highest BCUT2D eigenvalue weighted by atomic mass is 16.1. The van der Waals surface area contributed by atoms with Crippen LogP contribution < -0.4 is 5.32 Å². The Bertz CT molecular complexity index is 161. The Morgan fingerprint density at radius 2 is 2.09 bits per heavy atom. The summed E-state index contributed by atoms with van der Waals surface area (Å²) in [7, 11) is 0. The molecule has 0 aromatic rings. The SMILES string of the molecule is C=CC(C)C(C)(C)NC(C)=O. The maximum Gasteiger partial charge on any atom is 0.217 e. The topological polar surface area (TPSA) is 29.1 Å². The molecule has 0 saturated carbocycles. The predicted molar refractivity (Wildman–Crippen MR) is 47.3 cm³/mol. The van der Waals surface area contributed by atoms with Crippen molar-refractivity contribution in [2.24, 2.45) is 5.92 Å². The van der Waals surface area contributed by atoms with Crippen molar-refractivity contribution in [3.8, 4) is 0 Å². The van der Waals surface area contributed by atoms with Crippen LogP contribution in [0.2, 0.25) is 0 Å². The van der Waals surface area contributed by atoms with Crippen LogP contribution >= 0.6 is 0 Å². The Hall–Kier alpha value is -0.790. The van der Waals surface area contributed by atoms with Crippen molar-refractivity contribution in [1.29, 1.82) is 0 Å². The highest BCUT2D eigenvalue weighted by Crippen LogP contribution is 2.16. The molecular weight excluding hydrogens is 138 g/mol. The van der Waals surface area contributed by atoms with E-state index in [0.717, 1.165) is 0 Å². The molecule has 0 aliphatic heterocycles. The molecule has 2 nitrogen and oxygen atoms in total. The van der Waals surface area contributed by atoms with Gasteiger partial charge in [-0.1, -0.05) is 13.0 Å². The molecular formula is C9H17NO. The van der Waals surface area contributed by atoms with Gasteiger partial charge in [0.05, 0.1) is 0 Å². The van der Waals surface area contributed by atoms with E-state index in [4.69, 9.17) is 0 Å². The lowest BCUT2D eigenvalue weighted by Crippen LogP contribution is -2.46. The number of carbonyl (C=O) groups excluding carboxylic acids is 1. The molecule has 0 bridgehead atoms.